The van der Waals surface area contributed by atoms with Crippen LogP contribution < -0.4 is 4.74 Å². The summed E-state index contributed by atoms with van der Waals surface area (Å²) < 4.78 is 37.0. The van der Waals surface area contributed by atoms with E-state index in [9.17, 15) is 0 Å². The Kier molecular flexibility index (Phi) is 4.63. The van der Waals surface area contributed by atoms with Crippen LogP contribution in [0.4, 0.5) is 4.39 Å². The number of hydrogen-bond acceptors (Lipinski definition) is 7. The lowest BCUT2D eigenvalue weighted by atomic mass is 9.94. The summed E-state index contributed by atoms with van der Waals surface area (Å²) in [6.45, 7) is 7.27. The second kappa shape index (κ2) is 6.83. The van der Waals surface area contributed by atoms with Crippen molar-refractivity contribution < 1.29 is 23.1 Å². The minimum absolute atomic E-state index is 0.00848. The molecule has 0 aliphatic carbocycles. The molecule has 4 rings (SSSR count). The summed E-state index contributed by atoms with van der Waals surface area (Å²) in [4.78, 5) is 8.79. The summed E-state index contributed by atoms with van der Waals surface area (Å²) >= 11 is 0. The third-order valence-electron chi connectivity index (χ3n) is 4.77. The summed E-state index contributed by atoms with van der Waals surface area (Å²) in [7, 11) is 0. The predicted molar refractivity (Wildman–Crippen MR) is 94.3 cm³/mol. The van der Waals surface area contributed by atoms with Crippen molar-refractivity contribution in [3.63, 3.8) is 0 Å². The topological polar surface area (TPSA) is 79.5 Å². The lowest BCUT2D eigenvalue weighted by molar-refractivity contribution is -0.136. The molecule has 146 valence electrons. The molecule has 0 aromatic carbocycles. The Morgan fingerprint density at radius 2 is 1.93 bits per heavy atom. The number of aromatic nitrogens is 3. The smallest absolute Gasteiger partial charge is 0.232 e. The molecule has 2 aromatic rings. The summed E-state index contributed by atoms with van der Waals surface area (Å²) in [6, 6.07) is 1.70. The molecule has 7 nitrogen and oxygen atoms in total. The number of hydrogen-bond donors (Lipinski definition) is 0. The third-order valence-corrected chi connectivity index (χ3v) is 4.77. The Bertz CT molecular complexity index is 808. The van der Waals surface area contributed by atoms with E-state index < -0.39 is 5.67 Å². The molecule has 0 atom stereocenters. The van der Waals surface area contributed by atoms with Crippen LogP contribution in [0.5, 0.6) is 5.75 Å². The van der Waals surface area contributed by atoms with Gasteiger partial charge in [-0.3, -0.25) is 4.98 Å². The van der Waals surface area contributed by atoms with Gasteiger partial charge in [0.05, 0.1) is 32.0 Å². The van der Waals surface area contributed by atoms with E-state index in [1.165, 1.54) is 6.20 Å². The van der Waals surface area contributed by atoms with Gasteiger partial charge in [0.1, 0.15) is 17.5 Å². The van der Waals surface area contributed by atoms with Crippen LogP contribution in [0, 0.1) is 0 Å². The van der Waals surface area contributed by atoms with Crippen LogP contribution in [-0.2, 0) is 20.6 Å². The molecular formula is C19H24FN3O4. The zero-order chi connectivity index (χ0) is 19.1. The van der Waals surface area contributed by atoms with Crippen molar-refractivity contribution in [1.82, 2.24) is 15.1 Å². The molecule has 0 unspecified atom stereocenters. The van der Waals surface area contributed by atoms with E-state index in [1.807, 2.05) is 20.8 Å². The summed E-state index contributed by atoms with van der Waals surface area (Å²) in [6.07, 6.45) is 3.01. The van der Waals surface area contributed by atoms with Gasteiger partial charge in [0.2, 0.25) is 11.7 Å². The standard InChI is InChI=1S/C19H24FN3O4/c1-18(2,3)17-22-16(23-27-17)14-8-15(26-12-4-6-24-7-5-12)13(9-21-14)19(20)10-25-11-19/h8-9,12H,4-7,10-11H2,1-3H3. The van der Waals surface area contributed by atoms with E-state index in [4.69, 9.17) is 18.7 Å². The van der Waals surface area contributed by atoms with Crippen LogP contribution in [0.25, 0.3) is 11.5 Å². The fraction of sp³-hybridized carbons (Fsp3) is 0.632. The first kappa shape index (κ1) is 18.3. The van der Waals surface area contributed by atoms with Crippen molar-refractivity contribution in [1.29, 1.82) is 0 Å². The van der Waals surface area contributed by atoms with Gasteiger partial charge >= 0.3 is 0 Å². The van der Waals surface area contributed by atoms with Gasteiger partial charge in [0.15, 0.2) is 5.67 Å². The number of ether oxygens (including phenoxy) is 3. The molecule has 0 saturated carbocycles. The molecule has 8 heteroatoms. The number of halogens is 1. The Hall–Kier alpha value is -2.06. The van der Waals surface area contributed by atoms with Crippen molar-refractivity contribution in [2.75, 3.05) is 26.4 Å². The molecule has 2 aliphatic heterocycles. The molecule has 0 amide bonds. The van der Waals surface area contributed by atoms with Crippen molar-refractivity contribution in [3.05, 3.63) is 23.7 Å². The highest BCUT2D eigenvalue weighted by Gasteiger charge is 2.44. The quantitative estimate of drug-likeness (QED) is 0.809. The van der Waals surface area contributed by atoms with Gasteiger partial charge in [-0.1, -0.05) is 25.9 Å². The average Bonchev–Trinajstić information content (AvgIpc) is 3.11. The van der Waals surface area contributed by atoms with Gasteiger partial charge in [-0.05, 0) is 0 Å². The van der Waals surface area contributed by atoms with Gasteiger partial charge < -0.3 is 18.7 Å². The highest BCUT2D eigenvalue weighted by atomic mass is 19.1. The highest BCUT2D eigenvalue weighted by molar-refractivity contribution is 5.54. The summed E-state index contributed by atoms with van der Waals surface area (Å²) in [5, 5.41) is 4.02. The number of alkyl halides is 1. The van der Waals surface area contributed by atoms with E-state index >= 15 is 4.39 Å². The maximum absolute atomic E-state index is 15.0. The normalized spacial score (nSPS) is 20.3. The molecular weight excluding hydrogens is 353 g/mol. The van der Waals surface area contributed by atoms with Gasteiger partial charge in [-0.2, -0.15) is 4.98 Å². The fourth-order valence-electron chi connectivity index (χ4n) is 3.04. The first-order valence-corrected chi connectivity index (χ1v) is 9.21. The van der Waals surface area contributed by atoms with E-state index in [1.54, 1.807) is 6.07 Å². The second-order valence-electron chi connectivity index (χ2n) is 8.13. The SMILES string of the molecule is CC(C)(C)c1nc(-c2cc(OC3CCOCC3)c(C3(F)COC3)cn2)no1. The Morgan fingerprint density at radius 3 is 2.52 bits per heavy atom. The van der Waals surface area contributed by atoms with E-state index in [2.05, 4.69) is 15.1 Å². The van der Waals surface area contributed by atoms with Crippen LogP contribution in [0.3, 0.4) is 0 Å². The number of pyridine rings is 1. The molecule has 4 heterocycles. The third kappa shape index (κ3) is 3.68. The van der Waals surface area contributed by atoms with Crippen molar-refractivity contribution in [2.45, 2.75) is 50.8 Å². The first-order valence-electron chi connectivity index (χ1n) is 9.21. The Labute approximate surface area is 157 Å². The number of nitrogens with zero attached hydrogens (tertiary/aromatic N) is 3. The molecule has 2 fully saturated rings. The molecule has 0 N–H and O–H groups in total. The molecule has 0 radical (unpaired) electrons. The molecule has 2 aliphatic rings. The number of rotatable bonds is 4. The van der Waals surface area contributed by atoms with Gasteiger partial charge in [0.25, 0.3) is 0 Å². The Balaban J connectivity index is 1.67. The lowest BCUT2D eigenvalue weighted by Crippen LogP contribution is -2.43. The summed E-state index contributed by atoms with van der Waals surface area (Å²) in [5.41, 5.74) is -0.939. The molecule has 2 saturated heterocycles. The van der Waals surface area contributed by atoms with E-state index in [0.29, 0.717) is 41.9 Å². The van der Waals surface area contributed by atoms with Crippen LogP contribution in [-0.4, -0.2) is 47.7 Å². The van der Waals surface area contributed by atoms with Crippen molar-refractivity contribution in [3.8, 4) is 17.3 Å². The monoisotopic (exact) mass is 377 g/mol. The van der Waals surface area contributed by atoms with E-state index in [0.717, 1.165) is 12.8 Å². The van der Waals surface area contributed by atoms with Crippen LogP contribution in [0.2, 0.25) is 0 Å². The predicted octanol–water partition coefficient (Wildman–Crippen LogP) is 3.18. The Morgan fingerprint density at radius 1 is 1.19 bits per heavy atom. The first-order chi connectivity index (χ1) is 12.9. The molecule has 0 spiro atoms. The van der Waals surface area contributed by atoms with Gasteiger partial charge in [-0.25, -0.2) is 4.39 Å². The van der Waals surface area contributed by atoms with E-state index in [-0.39, 0.29) is 24.7 Å². The van der Waals surface area contributed by atoms with Gasteiger partial charge in [0, 0.05) is 30.5 Å². The maximum Gasteiger partial charge on any atom is 0.232 e. The zero-order valence-electron chi connectivity index (χ0n) is 15.8. The van der Waals surface area contributed by atoms with Crippen LogP contribution >= 0.6 is 0 Å². The zero-order valence-corrected chi connectivity index (χ0v) is 15.8. The fourth-order valence-corrected chi connectivity index (χ4v) is 3.04. The summed E-state index contributed by atoms with van der Waals surface area (Å²) in [5.74, 6) is 1.34. The van der Waals surface area contributed by atoms with Crippen LogP contribution in [0.1, 0.15) is 45.1 Å². The second-order valence-corrected chi connectivity index (χ2v) is 8.13. The average molecular weight is 377 g/mol. The highest BCUT2D eigenvalue weighted by Crippen LogP contribution is 2.40. The lowest BCUT2D eigenvalue weighted by Gasteiger charge is -2.35. The molecule has 0 bridgehead atoms. The van der Waals surface area contributed by atoms with Crippen molar-refractivity contribution >= 4 is 0 Å². The van der Waals surface area contributed by atoms with Crippen LogP contribution in [0.15, 0.2) is 16.8 Å². The maximum atomic E-state index is 15.0. The van der Waals surface area contributed by atoms with Gasteiger partial charge in [-0.15, -0.1) is 0 Å². The molecule has 2 aromatic heterocycles. The van der Waals surface area contributed by atoms with Crippen molar-refractivity contribution in [2.24, 2.45) is 0 Å². The minimum atomic E-state index is -1.57. The minimum Gasteiger partial charge on any atom is -0.490 e. The molecule has 27 heavy (non-hydrogen) atoms. The largest absolute Gasteiger partial charge is 0.490 e.